The molecule has 24 heavy (non-hydrogen) atoms. The van der Waals surface area contributed by atoms with Crippen LogP contribution in [0, 0.1) is 5.82 Å². The van der Waals surface area contributed by atoms with Crippen LogP contribution in [0.3, 0.4) is 0 Å². The van der Waals surface area contributed by atoms with E-state index < -0.39 is 5.82 Å². The molecule has 0 fully saturated rings. The van der Waals surface area contributed by atoms with Crippen molar-refractivity contribution in [2.45, 2.75) is 0 Å². The van der Waals surface area contributed by atoms with Gasteiger partial charge in [0.05, 0.1) is 11.1 Å². The number of fused-ring (bicyclic) bond motifs is 1. The Labute approximate surface area is 135 Å². The number of H-pyrrole nitrogens is 1. The number of ether oxygens (including phenoxy) is 1. The molecule has 3 aromatic heterocycles. The fourth-order valence-electron chi connectivity index (χ4n) is 2.32. The molecule has 0 bridgehead atoms. The number of hydrogen-bond acceptors (Lipinski definition) is 6. The van der Waals surface area contributed by atoms with Gasteiger partial charge < -0.3 is 10.5 Å². The van der Waals surface area contributed by atoms with Gasteiger partial charge in [-0.2, -0.15) is 5.10 Å². The van der Waals surface area contributed by atoms with Crippen molar-refractivity contribution in [3.63, 3.8) is 0 Å². The van der Waals surface area contributed by atoms with Crippen LogP contribution in [0.2, 0.25) is 0 Å². The van der Waals surface area contributed by atoms with Crippen molar-refractivity contribution in [1.82, 2.24) is 25.1 Å². The molecule has 0 aliphatic rings. The van der Waals surface area contributed by atoms with Gasteiger partial charge in [-0.15, -0.1) is 0 Å². The number of halogens is 1. The molecule has 0 radical (unpaired) electrons. The lowest BCUT2D eigenvalue weighted by Gasteiger charge is -2.06. The molecule has 0 atom stereocenters. The van der Waals surface area contributed by atoms with Gasteiger partial charge in [0, 0.05) is 17.8 Å². The summed E-state index contributed by atoms with van der Waals surface area (Å²) in [6, 6.07) is 9.53. The van der Waals surface area contributed by atoms with Gasteiger partial charge in [-0.25, -0.2) is 19.3 Å². The number of pyridine rings is 1. The summed E-state index contributed by atoms with van der Waals surface area (Å²) in [6.45, 7) is 0. The maximum absolute atomic E-state index is 13.6. The van der Waals surface area contributed by atoms with Gasteiger partial charge in [0.15, 0.2) is 17.2 Å². The first kappa shape index (κ1) is 14.1. The van der Waals surface area contributed by atoms with Crippen LogP contribution in [0.4, 0.5) is 10.2 Å². The lowest BCUT2D eigenvalue weighted by Crippen LogP contribution is -1.93. The molecule has 4 rings (SSSR count). The predicted molar refractivity (Wildman–Crippen MR) is 85.8 cm³/mol. The highest BCUT2D eigenvalue weighted by atomic mass is 19.1. The Balaban J connectivity index is 1.67. The molecule has 0 spiro atoms. The molecule has 8 heteroatoms. The topological polar surface area (TPSA) is 103 Å². The van der Waals surface area contributed by atoms with Crippen LogP contribution in [-0.2, 0) is 0 Å². The Hall–Kier alpha value is -3.55. The summed E-state index contributed by atoms with van der Waals surface area (Å²) in [6.07, 6.45) is 2.93. The van der Waals surface area contributed by atoms with Gasteiger partial charge >= 0.3 is 0 Å². The number of para-hydroxylation sites is 1. The number of nitrogens with zero attached hydrogens (tertiary/aromatic N) is 4. The standard InChI is InChI=1S/C16H11FN6O/c17-10-3-1-2-4-11(10)24-12-6-5-9(7-19-12)14-13-15(18)20-8-21-16(13)23-22-14/h1-8H,(H3,18,20,21,22,23). The fourth-order valence-corrected chi connectivity index (χ4v) is 2.32. The van der Waals surface area contributed by atoms with E-state index in [4.69, 9.17) is 10.5 Å². The summed E-state index contributed by atoms with van der Waals surface area (Å²) in [4.78, 5) is 12.2. The molecule has 0 saturated heterocycles. The number of benzene rings is 1. The average molecular weight is 322 g/mol. The summed E-state index contributed by atoms with van der Waals surface area (Å²) >= 11 is 0. The quantitative estimate of drug-likeness (QED) is 0.601. The molecule has 7 nitrogen and oxygen atoms in total. The first-order valence-corrected chi connectivity index (χ1v) is 7.06. The zero-order chi connectivity index (χ0) is 16.5. The summed E-state index contributed by atoms with van der Waals surface area (Å²) in [5.41, 5.74) is 7.76. The van der Waals surface area contributed by atoms with Crippen LogP contribution in [-0.4, -0.2) is 25.1 Å². The first-order valence-electron chi connectivity index (χ1n) is 7.06. The summed E-state index contributed by atoms with van der Waals surface area (Å²) < 4.78 is 19.0. The maximum atomic E-state index is 13.6. The van der Waals surface area contributed by atoms with Crippen molar-refractivity contribution < 1.29 is 9.13 Å². The van der Waals surface area contributed by atoms with Crippen molar-refractivity contribution in [2.75, 3.05) is 5.73 Å². The van der Waals surface area contributed by atoms with Gasteiger partial charge in [0.2, 0.25) is 5.88 Å². The van der Waals surface area contributed by atoms with E-state index in [1.807, 2.05) is 0 Å². The van der Waals surface area contributed by atoms with Crippen LogP contribution in [0.1, 0.15) is 0 Å². The minimum Gasteiger partial charge on any atom is -0.436 e. The number of nitrogens with two attached hydrogens (primary N) is 1. The van der Waals surface area contributed by atoms with Crippen molar-refractivity contribution in [3.05, 3.63) is 54.7 Å². The molecule has 3 N–H and O–H groups in total. The number of hydrogen-bond donors (Lipinski definition) is 2. The largest absolute Gasteiger partial charge is 0.436 e. The third-order valence-electron chi connectivity index (χ3n) is 3.46. The minimum atomic E-state index is -0.451. The van der Waals surface area contributed by atoms with Crippen LogP contribution in [0.15, 0.2) is 48.9 Å². The molecule has 0 saturated carbocycles. The molecule has 118 valence electrons. The lowest BCUT2D eigenvalue weighted by atomic mass is 10.1. The zero-order valence-electron chi connectivity index (χ0n) is 12.3. The van der Waals surface area contributed by atoms with Crippen LogP contribution >= 0.6 is 0 Å². The summed E-state index contributed by atoms with van der Waals surface area (Å²) in [5.74, 6) is 0.266. The van der Waals surface area contributed by atoms with Crippen molar-refractivity contribution in [3.8, 4) is 22.9 Å². The highest BCUT2D eigenvalue weighted by Gasteiger charge is 2.13. The summed E-state index contributed by atoms with van der Waals surface area (Å²) in [7, 11) is 0. The van der Waals surface area contributed by atoms with Crippen molar-refractivity contribution in [1.29, 1.82) is 0 Å². The SMILES string of the molecule is Nc1ncnc2n[nH]c(-c3ccc(Oc4ccccc4F)nc3)c12. The molecular weight excluding hydrogens is 311 g/mol. The van der Waals surface area contributed by atoms with Gasteiger partial charge in [-0.05, 0) is 18.2 Å². The van der Waals surface area contributed by atoms with Crippen LogP contribution in [0.25, 0.3) is 22.3 Å². The Bertz CT molecular complexity index is 1010. The van der Waals surface area contributed by atoms with E-state index in [1.54, 1.807) is 30.5 Å². The predicted octanol–water partition coefficient (Wildman–Crippen LogP) is 2.93. The second kappa shape index (κ2) is 5.58. The Kier molecular flexibility index (Phi) is 3.27. The summed E-state index contributed by atoms with van der Waals surface area (Å²) in [5, 5.41) is 7.60. The molecule has 4 aromatic rings. The molecule has 0 aliphatic heterocycles. The normalized spacial score (nSPS) is 10.9. The molecule has 1 aromatic carbocycles. The fraction of sp³-hybridized carbons (Fsp3) is 0. The lowest BCUT2D eigenvalue weighted by molar-refractivity contribution is 0.427. The van der Waals surface area contributed by atoms with Crippen molar-refractivity contribution in [2.24, 2.45) is 0 Å². The number of aromatic nitrogens is 5. The third kappa shape index (κ3) is 2.39. The number of nitrogen functional groups attached to an aromatic ring is 1. The van der Waals surface area contributed by atoms with Crippen LogP contribution < -0.4 is 10.5 Å². The van der Waals surface area contributed by atoms with Crippen LogP contribution in [0.5, 0.6) is 11.6 Å². The van der Waals surface area contributed by atoms with Crippen molar-refractivity contribution >= 4 is 16.9 Å². The molecule has 0 unspecified atom stereocenters. The Morgan fingerprint density at radius 3 is 2.71 bits per heavy atom. The maximum Gasteiger partial charge on any atom is 0.219 e. The van der Waals surface area contributed by atoms with E-state index in [-0.39, 0.29) is 11.6 Å². The van der Waals surface area contributed by atoms with E-state index in [0.29, 0.717) is 22.5 Å². The monoisotopic (exact) mass is 322 g/mol. The first-order chi connectivity index (χ1) is 11.7. The molecule has 0 amide bonds. The number of rotatable bonds is 3. The minimum absolute atomic E-state index is 0.113. The molecule has 0 aliphatic carbocycles. The molecular formula is C16H11FN6O. The van der Waals surface area contributed by atoms with E-state index in [1.165, 1.54) is 18.5 Å². The van der Waals surface area contributed by atoms with Gasteiger partial charge in [-0.3, -0.25) is 5.10 Å². The van der Waals surface area contributed by atoms with E-state index in [0.717, 1.165) is 5.56 Å². The van der Waals surface area contributed by atoms with Gasteiger partial charge in [0.1, 0.15) is 12.1 Å². The number of nitrogens with one attached hydrogen (secondary N) is 1. The third-order valence-corrected chi connectivity index (χ3v) is 3.46. The highest BCUT2D eigenvalue weighted by Crippen LogP contribution is 2.29. The second-order valence-electron chi connectivity index (χ2n) is 4.97. The molecule has 3 heterocycles. The smallest absolute Gasteiger partial charge is 0.219 e. The Morgan fingerprint density at radius 2 is 1.92 bits per heavy atom. The zero-order valence-corrected chi connectivity index (χ0v) is 12.3. The second-order valence-corrected chi connectivity index (χ2v) is 4.97. The van der Waals surface area contributed by atoms with Gasteiger partial charge in [-0.1, -0.05) is 12.1 Å². The van der Waals surface area contributed by atoms with E-state index in [2.05, 4.69) is 25.1 Å². The van der Waals surface area contributed by atoms with E-state index >= 15 is 0 Å². The average Bonchev–Trinajstić information content (AvgIpc) is 3.03. The number of anilines is 1. The highest BCUT2D eigenvalue weighted by molar-refractivity contribution is 5.97. The number of aromatic amines is 1. The van der Waals surface area contributed by atoms with Gasteiger partial charge in [0.25, 0.3) is 0 Å². The van der Waals surface area contributed by atoms with E-state index in [9.17, 15) is 4.39 Å². The Morgan fingerprint density at radius 1 is 1.04 bits per heavy atom.